The molecule has 0 aromatic heterocycles. The van der Waals surface area contributed by atoms with Crippen LogP contribution in [0.15, 0.2) is 53.4 Å². The highest BCUT2D eigenvalue weighted by atomic mass is 32.2. The smallest absolute Gasteiger partial charge is 0.264 e. The fraction of sp³-hybridized carbons (Fsp3) is 0.235. The number of hydrogen-bond donors (Lipinski definition) is 0. The third kappa shape index (κ3) is 3.73. The van der Waals surface area contributed by atoms with Gasteiger partial charge in [-0.3, -0.25) is 4.31 Å². The first-order chi connectivity index (χ1) is 11.4. The zero-order valence-electron chi connectivity index (χ0n) is 13.1. The van der Waals surface area contributed by atoms with Crippen LogP contribution in [0.4, 0.5) is 10.1 Å². The Kier molecular flexibility index (Phi) is 5.56. The van der Waals surface area contributed by atoms with Crippen molar-refractivity contribution in [1.29, 1.82) is 0 Å². The minimum Gasteiger partial charge on any atom is -0.545 e. The molecule has 24 heavy (non-hydrogen) atoms. The number of para-hydroxylation sites is 1. The molecule has 0 amide bonds. The van der Waals surface area contributed by atoms with Gasteiger partial charge in [-0.25, -0.2) is 12.8 Å². The van der Waals surface area contributed by atoms with E-state index in [1.807, 2.05) is 6.92 Å². The molecule has 0 bridgehead atoms. The van der Waals surface area contributed by atoms with Gasteiger partial charge in [0.25, 0.3) is 10.0 Å². The number of benzene rings is 2. The number of nitrogens with zero attached hydrogens (tertiary/aromatic N) is 1. The number of hydrogen-bond acceptors (Lipinski definition) is 4. The van der Waals surface area contributed by atoms with E-state index in [9.17, 15) is 22.7 Å². The number of unbranched alkanes of at least 4 members (excludes halogenated alkanes) is 1. The number of anilines is 1. The third-order valence-electron chi connectivity index (χ3n) is 3.51. The van der Waals surface area contributed by atoms with Crippen molar-refractivity contribution in [3.63, 3.8) is 0 Å². The van der Waals surface area contributed by atoms with Crippen molar-refractivity contribution in [3.8, 4) is 0 Å². The van der Waals surface area contributed by atoms with E-state index in [2.05, 4.69) is 0 Å². The number of aromatic carboxylic acids is 1. The lowest BCUT2D eigenvalue weighted by Gasteiger charge is -2.27. The molecule has 0 N–H and O–H groups in total. The maximum atomic E-state index is 13.1. The summed E-state index contributed by atoms with van der Waals surface area (Å²) in [5.74, 6) is -2.01. The van der Waals surface area contributed by atoms with Crippen LogP contribution in [0.1, 0.15) is 30.1 Å². The Bertz CT molecular complexity index is 819. The molecule has 0 saturated heterocycles. The molecule has 0 spiro atoms. The minimum atomic E-state index is -4.02. The van der Waals surface area contributed by atoms with Gasteiger partial charge >= 0.3 is 0 Å². The van der Waals surface area contributed by atoms with E-state index in [0.29, 0.717) is 6.42 Å². The topological polar surface area (TPSA) is 77.5 Å². The summed E-state index contributed by atoms with van der Waals surface area (Å²) in [5, 5.41) is 11.3. The molecular weight excluding hydrogens is 333 g/mol. The molecule has 2 aromatic carbocycles. The summed E-state index contributed by atoms with van der Waals surface area (Å²) in [6.07, 6.45) is 1.27. The van der Waals surface area contributed by atoms with Crippen LogP contribution in [0.25, 0.3) is 0 Å². The first-order valence-corrected chi connectivity index (χ1v) is 8.90. The standard InChI is InChI=1S/C17H18FNO4S/c1-2-3-12-19(16-7-5-4-6-15(16)17(20)21)24(22,23)14-10-8-13(18)9-11-14/h4-11H,2-3,12H2,1H3,(H,20,21)/p-1. The maximum Gasteiger partial charge on any atom is 0.264 e. The highest BCUT2D eigenvalue weighted by Gasteiger charge is 2.26. The molecule has 0 aliphatic heterocycles. The van der Waals surface area contributed by atoms with Gasteiger partial charge in [0.1, 0.15) is 5.82 Å². The fourth-order valence-electron chi connectivity index (χ4n) is 2.27. The predicted molar refractivity (Wildman–Crippen MR) is 86.6 cm³/mol. The van der Waals surface area contributed by atoms with Gasteiger partial charge in [-0.15, -0.1) is 0 Å². The van der Waals surface area contributed by atoms with E-state index in [0.717, 1.165) is 35.0 Å². The van der Waals surface area contributed by atoms with E-state index in [1.54, 1.807) is 6.07 Å². The number of carbonyl (C=O) groups excluding carboxylic acids is 1. The number of halogens is 1. The van der Waals surface area contributed by atoms with Crippen LogP contribution in [-0.4, -0.2) is 20.9 Å². The lowest BCUT2D eigenvalue weighted by Crippen LogP contribution is -2.35. The first-order valence-electron chi connectivity index (χ1n) is 7.46. The lowest BCUT2D eigenvalue weighted by atomic mass is 10.1. The Morgan fingerprint density at radius 1 is 1.12 bits per heavy atom. The normalized spacial score (nSPS) is 11.2. The summed E-state index contributed by atoms with van der Waals surface area (Å²) >= 11 is 0. The van der Waals surface area contributed by atoms with Crippen LogP contribution in [0, 0.1) is 5.82 Å². The molecular formula is C17H17FNO4S-. The number of carboxylic acids is 1. The SMILES string of the molecule is CCCCN(c1ccccc1C(=O)[O-])S(=O)(=O)c1ccc(F)cc1. The number of carbonyl (C=O) groups is 1. The van der Waals surface area contributed by atoms with Crippen LogP contribution >= 0.6 is 0 Å². The van der Waals surface area contributed by atoms with Crippen LogP contribution in [0.3, 0.4) is 0 Å². The second kappa shape index (κ2) is 7.44. The Morgan fingerprint density at radius 2 is 1.75 bits per heavy atom. The Morgan fingerprint density at radius 3 is 2.33 bits per heavy atom. The van der Waals surface area contributed by atoms with Crippen molar-refractivity contribution in [2.75, 3.05) is 10.8 Å². The zero-order chi connectivity index (χ0) is 17.7. The number of sulfonamides is 1. The average Bonchev–Trinajstić information content (AvgIpc) is 2.55. The monoisotopic (exact) mass is 350 g/mol. The molecule has 2 rings (SSSR count). The van der Waals surface area contributed by atoms with E-state index < -0.39 is 21.8 Å². The molecule has 0 fully saturated rings. The summed E-state index contributed by atoms with van der Waals surface area (Å²) in [5.41, 5.74) is -0.172. The van der Waals surface area contributed by atoms with E-state index in [1.165, 1.54) is 18.2 Å². The van der Waals surface area contributed by atoms with Gasteiger partial charge in [-0.05, 0) is 36.8 Å². The average molecular weight is 350 g/mol. The van der Waals surface area contributed by atoms with Crippen LogP contribution in [0.5, 0.6) is 0 Å². The van der Waals surface area contributed by atoms with Gasteiger partial charge in [-0.2, -0.15) is 0 Å². The number of rotatable bonds is 7. The molecule has 2 aromatic rings. The molecule has 0 aliphatic carbocycles. The van der Waals surface area contributed by atoms with Crippen molar-refractivity contribution >= 4 is 21.7 Å². The summed E-state index contributed by atoms with van der Waals surface area (Å²) in [4.78, 5) is 11.2. The van der Waals surface area contributed by atoms with Gasteiger partial charge in [0, 0.05) is 12.1 Å². The van der Waals surface area contributed by atoms with Gasteiger partial charge in [0.05, 0.1) is 16.6 Å². The van der Waals surface area contributed by atoms with Crippen molar-refractivity contribution in [3.05, 3.63) is 59.9 Å². The second-order valence-electron chi connectivity index (χ2n) is 5.19. The third-order valence-corrected chi connectivity index (χ3v) is 5.34. The maximum absolute atomic E-state index is 13.1. The van der Waals surface area contributed by atoms with Crippen LogP contribution in [-0.2, 0) is 10.0 Å². The second-order valence-corrected chi connectivity index (χ2v) is 7.05. The molecule has 0 aliphatic rings. The highest BCUT2D eigenvalue weighted by molar-refractivity contribution is 7.92. The fourth-order valence-corrected chi connectivity index (χ4v) is 3.79. The largest absolute Gasteiger partial charge is 0.545 e. The first kappa shape index (κ1) is 17.9. The highest BCUT2D eigenvalue weighted by Crippen LogP contribution is 2.27. The molecule has 128 valence electrons. The molecule has 0 unspecified atom stereocenters. The van der Waals surface area contributed by atoms with E-state index >= 15 is 0 Å². The zero-order valence-corrected chi connectivity index (χ0v) is 13.9. The summed E-state index contributed by atoms with van der Waals surface area (Å²) in [7, 11) is -4.02. The Hall–Kier alpha value is -2.41. The van der Waals surface area contributed by atoms with Gasteiger partial charge in [-0.1, -0.05) is 31.5 Å². The molecule has 0 saturated carbocycles. The molecule has 0 heterocycles. The van der Waals surface area contributed by atoms with Gasteiger partial charge < -0.3 is 9.90 Å². The number of carboxylic acid groups (broad SMARTS) is 1. The van der Waals surface area contributed by atoms with Crippen molar-refractivity contribution < 1.29 is 22.7 Å². The Labute approximate surface area is 140 Å². The summed E-state index contributed by atoms with van der Waals surface area (Å²) in [6.45, 7) is 2.01. The minimum absolute atomic E-state index is 0.0373. The molecule has 7 heteroatoms. The lowest BCUT2D eigenvalue weighted by molar-refractivity contribution is -0.254. The quantitative estimate of drug-likeness (QED) is 0.767. The molecule has 0 radical (unpaired) electrons. The summed E-state index contributed by atoms with van der Waals surface area (Å²) in [6, 6.07) is 10.2. The van der Waals surface area contributed by atoms with Crippen molar-refractivity contribution in [2.45, 2.75) is 24.7 Å². The van der Waals surface area contributed by atoms with Gasteiger partial charge in [0.15, 0.2) is 0 Å². The van der Waals surface area contributed by atoms with Crippen LogP contribution in [0.2, 0.25) is 0 Å². The van der Waals surface area contributed by atoms with Crippen molar-refractivity contribution in [2.24, 2.45) is 0 Å². The van der Waals surface area contributed by atoms with Crippen LogP contribution < -0.4 is 9.41 Å². The molecule has 0 atom stereocenters. The Balaban J connectivity index is 2.57. The van der Waals surface area contributed by atoms with E-state index in [-0.39, 0.29) is 22.7 Å². The predicted octanol–water partition coefficient (Wildman–Crippen LogP) is 2.18. The van der Waals surface area contributed by atoms with E-state index in [4.69, 9.17) is 0 Å². The van der Waals surface area contributed by atoms with Crippen molar-refractivity contribution in [1.82, 2.24) is 0 Å². The summed E-state index contributed by atoms with van der Waals surface area (Å²) < 4.78 is 39.9. The molecule has 5 nitrogen and oxygen atoms in total. The van der Waals surface area contributed by atoms with Gasteiger partial charge in [0.2, 0.25) is 0 Å².